The van der Waals surface area contributed by atoms with Crippen molar-refractivity contribution < 1.29 is 13.2 Å². The first-order valence-corrected chi connectivity index (χ1v) is 11.6. The Kier molecular flexibility index (Phi) is 6.39. The fraction of sp³-hybridized carbons (Fsp3) is 0.136. The summed E-state index contributed by atoms with van der Waals surface area (Å²) in [5.41, 5.74) is 3.56. The number of benzene rings is 3. The van der Waals surface area contributed by atoms with Crippen LogP contribution in [0.2, 0.25) is 0 Å². The highest BCUT2D eigenvalue weighted by Crippen LogP contribution is 2.23. The number of hydrogen-bond acceptors (Lipinski definition) is 3. The molecule has 3 aromatic carbocycles. The molecule has 0 aliphatic heterocycles. The van der Waals surface area contributed by atoms with Crippen LogP contribution in [0, 0.1) is 6.92 Å². The van der Waals surface area contributed by atoms with E-state index in [1.165, 1.54) is 10.6 Å². The number of hydrogen-bond donors (Lipinski definition) is 1. The Morgan fingerprint density at radius 2 is 1.69 bits per heavy atom. The van der Waals surface area contributed by atoms with Crippen LogP contribution in [0.3, 0.4) is 0 Å². The second kappa shape index (κ2) is 8.80. The standard InChI is InChI=1S/C22H21BrN2O3S/c1-16-6-5-7-19(14-16)25(29(2,27)28)15-17-10-12-18(13-11-17)22(26)24-21-9-4-3-8-20(21)23/h3-14H,15H2,1-2H3,(H,24,26). The van der Waals surface area contributed by atoms with Crippen molar-refractivity contribution in [2.45, 2.75) is 13.5 Å². The molecule has 0 heterocycles. The van der Waals surface area contributed by atoms with E-state index in [0.717, 1.165) is 15.6 Å². The Labute approximate surface area is 179 Å². The van der Waals surface area contributed by atoms with Crippen LogP contribution in [0.5, 0.6) is 0 Å². The summed E-state index contributed by atoms with van der Waals surface area (Å²) in [6.07, 6.45) is 1.19. The van der Waals surface area contributed by atoms with Gasteiger partial charge < -0.3 is 5.32 Å². The largest absolute Gasteiger partial charge is 0.321 e. The third-order valence-corrected chi connectivity index (χ3v) is 6.19. The molecule has 5 nitrogen and oxygen atoms in total. The summed E-state index contributed by atoms with van der Waals surface area (Å²) in [5.74, 6) is -0.234. The van der Waals surface area contributed by atoms with E-state index in [4.69, 9.17) is 0 Å². The maximum absolute atomic E-state index is 12.5. The van der Waals surface area contributed by atoms with Gasteiger partial charge in [0.25, 0.3) is 5.91 Å². The van der Waals surface area contributed by atoms with Crippen LogP contribution in [0.4, 0.5) is 11.4 Å². The summed E-state index contributed by atoms with van der Waals surface area (Å²) in [6.45, 7) is 2.11. The minimum absolute atomic E-state index is 0.189. The van der Waals surface area contributed by atoms with Crippen LogP contribution >= 0.6 is 15.9 Å². The molecule has 0 bridgehead atoms. The summed E-state index contributed by atoms with van der Waals surface area (Å²) in [7, 11) is -3.46. The molecule has 0 saturated carbocycles. The summed E-state index contributed by atoms with van der Waals surface area (Å²) in [4.78, 5) is 12.5. The lowest BCUT2D eigenvalue weighted by atomic mass is 10.1. The number of nitrogens with zero attached hydrogens (tertiary/aromatic N) is 1. The topological polar surface area (TPSA) is 66.5 Å². The van der Waals surface area contributed by atoms with Crippen molar-refractivity contribution in [2.75, 3.05) is 15.9 Å². The molecule has 1 N–H and O–H groups in total. The number of halogens is 1. The highest BCUT2D eigenvalue weighted by Gasteiger charge is 2.18. The predicted octanol–water partition coefficient (Wildman–Crippen LogP) is 4.98. The van der Waals surface area contributed by atoms with Crippen molar-refractivity contribution in [3.63, 3.8) is 0 Å². The lowest BCUT2D eigenvalue weighted by Crippen LogP contribution is -2.29. The van der Waals surface area contributed by atoms with Crippen molar-refractivity contribution in [1.82, 2.24) is 0 Å². The monoisotopic (exact) mass is 472 g/mol. The summed E-state index contributed by atoms with van der Waals surface area (Å²) in [6, 6.07) is 21.6. The van der Waals surface area contributed by atoms with Crippen molar-refractivity contribution in [3.05, 3.63) is 94.0 Å². The average molecular weight is 473 g/mol. The van der Waals surface area contributed by atoms with E-state index in [0.29, 0.717) is 16.9 Å². The molecule has 29 heavy (non-hydrogen) atoms. The van der Waals surface area contributed by atoms with Gasteiger partial charge in [-0.3, -0.25) is 9.10 Å². The molecule has 0 unspecified atom stereocenters. The Hall–Kier alpha value is -2.64. The van der Waals surface area contributed by atoms with Crippen LogP contribution in [-0.4, -0.2) is 20.6 Å². The number of anilines is 2. The zero-order valence-electron chi connectivity index (χ0n) is 16.1. The molecule has 0 atom stereocenters. The predicted molar refractivity (Wildman–Crippen MR) is 121 cm³/mol. The first-order valence-electron chi connectivity index (χ1n) is 8.93. The van der Waals surface area contributed by atoms with E-state index in [-0.39, 0.29) is 12.5 Å². The van der Waals surface area contributed by atoms with Crippen LogP contribution < -0.4 is 9.62 Å². The number of aryl methyl sites for hydroxylation is 1. The Morgan fingerprint density at radius 3 is 2.31 bits per heavy atom. The normalized spacial score (nSPS) is 11.1. The molecule has 3 rings (SSSR count). The SMILES string of the molecule is Cc1cccc(N(Cc2ccc(C(=O)Nc3ccccc3Br)cc2)S(C)(=O)=O)c1. The van der Waals surface area contributed by atoms with Crippen molar-refractivity contribution >= 4 is 43.2 Å². The van der Waals surface area contributed by atoms with E-state index in [9.17, 15) is 13.2 Å². The quantitative estimate of drug-likeness (QED) is 0.550. The van der Waals surface area contributed by atoms with Gasteiger partial charge in [0.2, 0.25) is 10.0 Å². The number of carbonyl (C=O) groups is 1. The van der Waals surface area contributed by atoms with E-state index in [1.807, 2.05) is 49.4 Å². The van der Waals surface area contributed by atoms with E-state index >= 15 is 0 Å². The highest BCUT2D eigenvalue weighted by molar-refractivity contribution is 9.10. The van der Waals surface area contributed by atoms with Gasteiger partial charge >= 0.3 is 0 Å². The molecule has 0 spiro atoms. The van der Waals surface area contributed by atoms with Gasteiger partial charge in [-0.05, 0) is 70.4 Å². The van der Waals surface area contributed by atoms with Crippen LogP contribution in [0.25, 0.3) is 0 Å². The minimum atomic E-state index is -3.46. The molecule has 150 valence electrons. The maximum Gasteiger partial charge on any atom is 0.255 e. The zero-order chi connectivity index (χ0) is 21.0. The van der Waals surface area contributed by atoms with Crippen LogP contribution in [-0.2, 0) is 16.6 Å². The first kappa shape index (κ1) is 21.1. The molecule has 0 fully saturated rings. The molecule has 3 aromatic rings. The minimum Gasteiger partial charge on any atom is -0.321 e. The lowest BCUT2D eigenvalue weighted by molar-refractivity contribution is 0.102. The summed E-state index contributed by atoms with van der Waals surface area (Å²) >= 11 is 3.40. The second-order valence-corrected chi connectivity index (χ2v) is 9.50. The fourth-order valence-corrected chi connectivity index (χ4v) is 4.13. The van der Waals surface area contributed by atoms with Gasteiger partial charge in [-0.1, -0.05) is 36.4 Å². The van der Waals surface area contributed by atoms with E-state index in [2.05, 4.69) is 21.2 Å². The average Bonchev–Trinajstić information content (AvgIpc) is 2.67. The van der Waals surface area contributed by atoms with Gasteiger partial charge in [-0.2, -0.15) is 0 Å². The first-order chi connectivity index (χ1) is 13.7. The van der Waals surface area contributed by atoms with Gasteiger partial charge in [0.1, 0.15) is 0 Å². The molecule has 1 amide bonds. The Bertz CT molecular complexity index is 1130. The Balaban J connectivity index is 1.78. The number of rotatable bonds is 6. The summed E-state index contributed by atoms with van der Waals surface area (Å²) < 4.78 is 26.8. The van der Waals surface area contributed by atoms with Gasteiger partial charge in [0, 0.05) is 10.0 Å². The maximum atomic E-state index is 12.5. The van der Waals surface area contributed by atoms with Gasteiger partial charge in [-0.15, -0.1) is 0 Å². The molecule has 0 aromatic heterocycles. The van der Waals surface area contributed by atoms with E-state index in [1.54, 1.807) is 30.3 Å². The molecule has 0 aliphatic carbocycles. The lowest BCUT2D eigenvalue weighted by Gasteiger charge is -2.23. The van der Waals surface area contributed by atoms with Crippen molar-refractivity contribution in [1.29, 1.82) is 0 Å². The third-order valence-electron chi connectivity index (χ3n) is 4.35. The number of carbonyl (C=O) groups excluding carboxylic acids is 1. The van der Waals surface area contributed by atoms with E-state index < -0.39 is 10.0 Å². The van der Waals surface area contributed by atoms with Crippen molar-refractivity contribution in [2.24, 2.45) is 0 Å². The number of para-hydroxylation sites is 1. The third kappa shape index (κ3) is 5.46. The van der Waals surface area contributed by atoms with Crippen LogP contribution in [0.15, 0.2) is 77.3 Å². The molecular weight excluding hydrogens is 452 g/mol. The number of nitrogens with one attached hydrogen (secondary N) is 1. The number of amides is 1. The fourth-order valence-electron chi connectivity index (χ4n) is 2.87. The molecular formula is C22H21BrN2O3S. The van der Waals surface area contributed by atoms with Gasteiger partial charge in [0.05, 0.1) is 24.2 Å². The highest BCUT2D eigenvalue weighted by atomic mass is 79.9. The molecule has 7 heteroatoms. The van der Waals surface area contributed by atoms with Crippen LogP contribution in [0.1, 0.15) is 21.5 Å². The van der Waals surface area contributed by atoms with Gasteiger partial charge in [-0.25, -0.2) is 8.42 Å². The van der Waals surface area contributed by atoms with Crippen molar-refractivity contribution in [3.8, 4) is 0 Å². The number of sulfonamides is 1. The second-order valence-electron chi connectivity index (χ2n) is 6.74. The summed E-state index contributed by atoms with van der Waals surface area (Å²) in [5, 5.41) is 2.85. The molecule has 0 radical (unpaired) electrons. The molecule has 0 aliphatic rings. The Morgan fingerprint density at radius 1 is 1.00 bits per heavy atom. The zero-order valence-corrected chi connectivity index (χ0v) is 18.5. The molecule has 0 saturated heterocycles. The van der Waals surface area contributed by atoms with Gasteiger partial charge in [0.15, 0.2) is 0 Å². The smallest absolute Gasteiger partial charge is 0.255 e.